The van der Waals surface area contributed by atoms with E-state index in [0.29, 0.717) is 17.9 Å². The Kier molecular flexibility index (Phi) is 4.96. The first-order chi connectivity index (χ1) is 13.9. The highest BCUT2D eigenvalue weighted by Gasteiger charge is 2.30. The molecule has 4 nitrogen and oxygen atoms in total. The van der Waals surface area contributed by atoms with E-state index < -0.39 is 17.6 Å². The molecule has 2 heterocycles. The summed E-state index contributed by atoms with van der Waals surface area (Å²) in [6.45, 7) is 1.48. The Bertz CT molecular complexity index is 1050. The van der Waals surface area contributed by atoms with Crippen molar-refractivity contribution in [2.24, 2.45) is 0 Å². The van der Waals surface area contributed by atoms with E-state index in [1.165, 1.54) is 29.5 Å². The van der Waals surface area contributed by atoms with Crippen LogP contribution in [-0.2, 0) is 19.1 Å². The van der Waals surface area contributed by atoms with Crippen LogP contribution in [0.3, 0.4) is 0 Å². The van der Waals surface area contributed by atoms with Gasteiger partial charge in [0.05, 0.1) is 5.56 Å². The minimum Gasteiger partial charge on any atom is -0.352 e. The molecule has 0 atom stereocenters. The molecule has 0 bridgehead atoms. The summed E-state index contributed by atoms with van der Waals surface area (Å²) < 4.78 is 38.6. The number of benzene rings is 2. The van der Waals surface area contributed by atoms with Gasteiger partial charge in [0, 0.05) is 30.5 Å². The van der Waals surface area contributed by atoms with Crippen molar-refractivity contribution >= 4 is 17.4 Å². The van der Waals surface area contributed by atoms with Crippen molar-refractivity contribution < 1.29 is 18.0 Å². The average molecular weight is 397 g/mol. The number of halogens is 3. The van der Waals surface area contributed by atoms with Crippen molar-refractivity contribution in [2.75, 3.05) is 16.8 Å². The Morgan fingerprint density at radius 2 is 1.79 bits per heavy atom. The van der Waals surface area contributed by atoms with Gasteiger partial charge in [0.1, 0.15) is 5.82 Å². The number of nitrogens with zero attached hydrogens (tertiary/aromatic N) is 2. The Balaban J connectivity index is 1.51. The van der Waals surface area contributed by atoms with Crippen LogP contribution in [0.25, 0.3) is 0 Å². The van der Waals surface area contributed by atoms with Crippen LogP contribution in [0.5, 0.6) is 0 Å². The number of aromatic nitrogens is 1. The second-order valence-corrected chi connectivity index (χ2v) is 6.88. The molecule has 1 aliphatic heterocycles. The van der Waals surface area contributed by atoms with Crippen molar-refractivity contribution in [1.82, 2.24) is 4.98 Å². The summed E-state index contributed by atoms with van der Waals surface area (Å²) in [7, 11) is 0. The molecular formula is C22H18F3N3O. The lowest BCUT2D eigenvalue weighted by Crippen LogP contribution is -2.31. The molecule has 1 N–H and O–H groups in total. The number of alkyl halides is 3. The molecule has 1 amide bonds. The van der Waals surface area contributed by atoms with Crippen molar-refractivity contribution in [3.8, 4) is 0 Å². The third-order valence-electron chi connectivity index (χ3n) is 4.91. The van der Waals surface area contributed by atoms with Crippen LogP contribution in [0.1, 0.15) is 27.0 Å². The zero-order valence-electron chi connectivity index (χ0n) is 15.4. The predicted molar refractivity (Wildman–Crippen MR) is 105 cm³/mol. The molecule has 7 heteroatoms. The second-order valence-electron chi connectivity index (χ2n) is 6.88. The molecule has 29 heavy (non-hydrogen) atoms. The minimum absolute atomic E-state index is 0.0927. The van der Waals surface area contributed by atoms with Crippen molar-refractivity contribution in [1.29, 1.82) is 0 Å². The molecule has 0 spiro atoms. The number of amides is 1. The Hall–Kier alpha value is -3.35. The number of carbonyl (C=O) groups excluding carboxylic acids is 1. The first-order valence-electron chi connectivity index (χ1n) is 9.16. The summed E-state index contributed by atoms with van der Waals surface area (Å²) >= 11 is 0. The van der Waals surface area contributed by atoms with Gasteiger partial charge in [0.15, 0.2) is 0 Å². The van der Waals surface area contributed by atoms with Gasteiger partial charge in [0.25, 0.3) is 5.91 Å². The summed E-state index contributed by atoms with van der Waals surface area (Å²) in [5.41, 5.74) is 2.15. The standard InChI is InChI=1S/C22H18F3N3O/c23-22(24,25)18-6-3-7-19(13-18)27-21(29)16-8-10-26-20(12-16)28-11-9-15-4-1-2-5-17(15)14-28/h1-8,10,12-13H,9,11,14H2,(H,27,29). The van der Waals surface area contributed by atoms with Gasteiger partial charge in [-0.15, -0.1) is 0 Å². The molecule has 0 unspecified atom stereocenters. The molecule has 148 valence electrons. The molecule has 0 saturated heterocycles. The summed E-state index contributed by atoms with van der Waals surface area (Å²) in [6, 6.07) is 16.0. The number of fused-ring (bicyclic) bond motifs is 1. The largest absolute Gasteiger partial charge is 0.416 e. The summed E-state index contributed by atoms with van der Waals surface area (Å²) in [5, 5.41) is 2.53. The van der Waals surface area contributed by atoms with Crippen LogP contribution in [0, 0.1) is 0 Å². The Morgan fingerprint density at radius 3 is 2.59 bits per heavy atom. The van der Waals surface area contributed by atoms with Gasteiger partial charge in [0.2, 0.25) is 0 Å². The monoisotopic (exact) mass is 397 g/mol. The molecule has 3 aromatic rings. The zero-order chi connectivity index (χ0) is 20.4. The van der Waals surface area contributed by atoms with Crippen LogP contribution >= 0.6 is 0 Å². The van der Waals surface area contributed by atoms with E-state index in [4.69, 9.17) is 0 Å². The van der Waals surface area contributed by atoms with Gasteiger partial charge in [-0.2, -0.15) is 13.2 Å². The highest BCUT2D eigenvalue weighted by atomic mass is 19.4. The van der Waals surface area contributed by atoms with Crippen molar-refractivity contribution in [3.05, 3.63) is 89.1 Å². The number of rotatable bonds is 3. The second kappa shape index (κ2) is 7.58. The van der Waals surface area contributed by atoms with E-state index in [1.807, 2.05) is 12.1 Å². The van der Waals surface area contributed by atoms with Crippen LogP contribution in [0.4, 0.5) is 24.7 Å². The Morgan fingerprint density at radius 1 is 1.00 bits per heavy atom. The normalized spacial score (nSPS) is 13.7. The van der Waals surface area contributed by atoms with E-state index in [9.17, 15) is 18.0 Å². The van der Waals surface area contributed by atoms with E-state index in [1.54, 1.807) is 12.1 Å². The molecule has 2 aromatic carbocycles. The van der Waals surface area contributed by atoms with Gasteiger partial charge in [-0.3, -0.25) is 4.79 Å². The molecule has 0 fully saturated rings. The smallest absolute Gasteiger partial charge is 0.352 e. The van der Waals surface area contributed by atoms with Gasteiger partial charge in [-0.1, -0.05) is 30.3 Å². The van der Waals surface area contributed by atoms with Gasteiger partial charge >= 0.3 is 6.18 Å². The van der Waals surface area contributed by atoms with Crippen LogP contribution in [0.2, 0.25) is 0 Å². The average Bonchev–Trinajstić information content (AvgIpc) is 2.73. The quantitative estimate of drug-likeness (QED) is 0.683. The first kappa shape index (κ1) is 19.0. The van der Waals surface area contributed by atoms with E-state index in [2.05, 4.69) is 27.3 Å². The van der Waals surface area contributed by atoms with Gasteiger partial charge in [-0.05, 0) is 47.9 Å². The molecule has 4 rings (SSSR count). The number of hydrogen-bond donors (Lipinski definition) is 1. The first-order valence-corrected chi connectivity index (χ1v) is 9.16. The maximum absolute atomic E-state index is 12.9. The third-order valence-corrected chi connectivity index (χ3v) is 4.91. The topological polar surface area (TPSA) is 45.2 Å². The molecule has 0 radical (unpaired) electrons. The van der Waals surface area contributed by atoms with Crippen LogP contribution in [-0.4, -0.2) is 17.4 Å². The number of hydrogen-bond acceptors (Lipinski definition) is 3. The fourth-order valence-corrected chi connectivity index (χ4v) is 3.40. The number of carbonyl (C=O) groups is 1. The summed E-state index contributed by atoms with van der Waals surface area (Å²) in [5.74, 6) is 0.182. The maximum atomic E-state index is 12.9. The number of pyridine rings is 1. The molecule has 1 aliphatic rings. The fraction of sp³-hybridized carbons (Fsp3) is 0.182. The fourth-order valence-electron chi connectivity index (χ4n) is 3.40. The van der Waals surface area contributed by atoms with Gasteiger partial charge in [-0.25, -0.2) is 4.98 Å². The van der Waals surface area contributed by atoms with Gasteiger partial charge < -0.3 is 10.2 Å². The molecule has 1 aromatic heterocycles. The SMILES string of the molecule is O=C(Nc1cccc(C(F)(F)F)c1)c1ccnc(N2CCc3ccccc3C2)c1. The Labute approximate surface area is 166 Å². The van der Waals surface area contributed by atoms with Crippen LogP contribution in [0.15, 0.2) is 66.9 Å². The predicted octanol–water partition coefficient (Wildman–Crippen LogP) is 4.92. The summed E-state index contributed by atoms with van der Waals surface area (Å²) in [6.07, 6.45) is -2.04. The molecule has 0 aliphatic carbocycles. The summed E-state index contributed by atoms with van der Waals surface area (Å²) in [4.78, 5) is 19.0. The third kappa shape index (κ3) is 4.23. The lowest BCUT2D eigenvalue weighted by Gasteiger charge is -2.29. The lowest BCUT2D eigenvalue weighted by molar-refractivity contribution is -0.137. The highest BCUT2D eigenvalue weighted by molar-refractivity contribution is 6.04. The maximum Gasteiger partial charge on any atom is 0.416 e. The van der Waals surface area contributed by atoms with Crippen molar-refractivity contribution in [2.45, 2.75) is 19.1 Å². The minimum atomic E-state index is -4.46. The lowest BCUT2D eigenvalue weighted by atomic mass is 10.00. The molecule has 0 saturated carbocycles. The van der Waals surface area contributed by atoms with E-state index >= 15 is 0 Å². The van der Waals surface area contributed by atoms with E-state index in [-0.39, 0.29) is 5.69 Å². The van der Waals surface area contributed by atoms with Crippen molar-refractivity contribution in [3.63, 3.8) is 0 Å². The van der Waals surface area contributed by atoms with E-state index in [0.717, 1.165) is 25.1 Å². The van der Waals surface area contributed by atoms with Crippen LogP contribution < -0.4 is 10.2 Å². The highest BCUT2D eigenvalue weighted by Crippen LogP contribution is 2.31. The molecular weight excluding hydrogens is 379 g/mol. The number of nitrogens with one attached hydrogen (secondary N) is 1. The number of anilines is 2. The zero-order valence-corrected chi connectivity index (χ0v) is 15.4.